The van der Waals surface area contributed by atoms with Gasteiger partial charge in [-0.15, -0.1) is 0 Å². The SMILES string of the molecule is Cc1cc(NS(=O)(=O)NCC(C)C)cc(C(=O)O)c1C. The van der Waals surface area contributed by atoms with E-state index in [0.717, 1.165) is 0 Å². The van der Waals surface area contributed by atoms with Crippen LogP contribution in [-0.4, -0.2) is 26.0 Å². The third kappa shape index (κ3) is 4.50. The van der Waals surface area contributed by atoms with Crippen molar-refractivity contribution in [3.8, 4) is 0 Å². The minimum absolute atomic E-state index is 0.0894. The summed E-state index contributed by atoms with van der Waals surface area (Å²) in [6.07, 6.45) is 0. The monoisotopic (exact) mass is 300 g/mol. The Morgan fingerprint density at radius 1 is 1.30 bits per heavy atom. The lowest BCUT2D eigenvalue weighted by Crippen LogP contribution is -2.33. The van der Waals surface area contributed by atoms with Gasteiger partial charge in [-0.05, 0) is 43.0 Å². The Morgan fingerprint density at radius 3 is 2.40 bits per heavy atom. The van der Waals surface area contributed by atoms with Crippen molar-refractivity contribution in [2.24, 2.45) is 5.92 Å². The lowest BCUT2D eigenvalue weighted by molar-refractivity contribution is 0.0696. The number of anilines is 1. The zero-order valence-electron chi connectivity index (χ0n) is 12.0. The third-order valence-corrected chi connectivity index (χ3v) is 3.88. The summed E-state index contributed by atoms with van der Waals surface area (Å²) in [5, 5.41) is 9.10. The molecule has 1 rings (SSSR count). The molecule has 3 N–H and O–H groups in total. The molecule has 0 aliphatic carbocycles. The zero-order chi connectivity index (χ0) is 15.5. The fourth-order valence-corrected chi connectivity index (χ4v) is 2.66. The highest BCUT2D eigenvalue weighted by Crippen LogP contribution is 2.20. The molecule has 0 bridgehead atoms. The molecule has 0 unspecified atom stereocenters. The van der Waals surface area contributed by atoms with Gasteiger partial charge in [-0.3, -0.25) is 4.72 Å². The number of aromatic carboxylic acids is 1. The number of carbonyl (C=O) groups is 1. The van der Waals surface area contributed by atoms with E-state index in [9.17, 15) is 13.2 Å². The smallest absolute Gasteiger partial charge is 0.336 e. The quantitative estimate of drug-likeness (QED) is 0.747. The first-order chi connectivity index (χ1) is 9.12. The van der Waals surface area contributed by atoms with Crippen LogP contribution in [0.5, 0.6) is 0 Å². The lowest BCUT2D eigenvalue weighted by Gasteiger charge is -2.13. The van der Waals surface area contributed by atoms with Gasteiger partial charge in [0.05, 0.1) is 11.3 Å². The summed E-state index contributed by atoms with van der Waals surface area (Å²) in [7, 11) is -3.69. The maximum Gasteiger partial charge on any atom is 0.336 e. The van der Waals surface area contributed by atoms with Crippen molar-refractivity contribution in [1.82, 2.24) is 4.72 Å². The highest BCUT2D eigenvalue weighted by atomic mass is 32.2. The second-order valence-electron chi connectivity index (χ2n) is 5.12. The maximum atomic E-state index is 11.8. The highest BCUT2D eigenvalue weighted by Gasteiger charge is 2.15. The molecule has 0 amide bonds. The Morgan fingerprint density at radius 2 is 1.90 bits per heavy atom. The molecule has 1 aromatic rings. The normalized spacial score (nSPS) is 11.7. The van der Waals surface area contributed by atoms with Crippen LogP contribution in [0.3, 0.4) is 0 Å². The van der Waals surface area contributed by atoms with E-state index >= 15 is 0 Å². The van der Waals surface area contributed by atoms with E-state index in [4.69, 9.17) is 5.11 Å². The Balaban J connectivity index is 3.01. The molecule has 0 spiro atoms. The third-order valence-electron chi connectivity index (χ3n) is 2.83. The van der Waals surface area contributed by atoms with Gasteiger partial charge in [0, 0.05) is 6.54 Å². The predicted molar refractivity (Wildman–Crippen MR) is 78.3 cm³/mol. The van der Waals surface area contributed by atoms with E-state index in [1.807, 2.05) is 13.8 Å². The van der Waals surface area contributed by atoms with Gasteiger partial charge in [-0.1, -0.05) is 13.8 Å². The average molecular weight is 300 g/mol. The van der Waals surface area contributed by atoms with Crippen molar-refractivity contribution in [3.63, 3.8) is 0 Å². The molecule has 20 heavy (non-hydrogen) atoms. The number of rotatable bonds is 6. The van der Waals surface area contributed by atoms with Gasteiger partial charge in [-0.25, -0.2) is 4.79 Å². The fraction of sp³-hybridized carbons (Fsp3) is 0.462. The molecular formula is C13H20N2O4S. The molecule has 0 atom stereocenters. The zero-order valence-corrected chi connectivity index (χ0v) is 12.8. The molecule has 6 nitrogen and oxygen atoms in total. The maximum absolute atomic E-state index is 11.8. The first-order valence-electron chi connectivity index (χ1n) is 6.24. The summed E-state index contributed by atoms with van der Waals surface area (Å²) in [6, 6.07) is 2.93. The van der Waals surface area contributed by atoms with Crippen molar-refractivity contribution in [3.05, 3.63) is 28.8 Å². The number of carboxylic acid groups (broad SMARTS) is 1. The van der Waals surface area contributed by atoms with Gasteiger partial charge < -0.3 is 5.11 Å². The Kier molecular flexibility index (Phi) is 5.13. The molecule has 1 aromatic carbocycles. The number of hydrogen-bond acceptors (Lipinski definition) is 3. The molecule has 0 fully saturated rings. The predicted octanol–water partition coefficient (Wildman–Crippen LogP) is 1.90. The van der Waals surface area contributed by atoms with Gasteiger partial charge in [0.2, 0.25) is 0 Å². The minimum atomic E-state index is -3.69. The molecule has 0 saturated heterocycles. The van der Waals surface area contributed by atoms with Gasteiger partial charge in [0.25, 0.3) is 10.2 Å². The van der Waals surface area contributed by atoms with E-state index in [1.165, 1.54) is 6.07 Å². The fourth-order valence-electron chi connectivity index (χ4n) is 1.61. The van der Waals surface area contributed by atoms with Crippen LogP contribution in [0.25, 0.3) is 0 Å². The summed E-state index contributed by atoms with van der Waals surface area (Å²) >= 11 is 0. The number of carboxylic acids is 1. The van der Waals surface area contributed by atoms with Crippen LogP contribution in [-0.2, 0) is 10.2 Å². The standard InChI is InChI=1S/C13H20N2O4S/c1-8(2)7-14-20(18,19)15-11-5-9(3)10(4)12(6-11)13(16)17/h5-6,8,14-15H,7H2,1-4H3,(H,16,17). The molecule has 0 aliphatic heterocycles. The van der Waals surface area contributed by atoms with Crippen molar-refractivity contribution in [2.45, 2.75) is 27.7 Å². The number of nitrogens with one attached hydrogen (secondary N) is 2. The van der Waals surface area contributed by atoms with Crippen LogP contribution in [0, 0.1) is 19.8 Å². The summed E-state index contributed by atoms with van der Waals surface area (Å²) in [6.45, 7) is 7.52. The summed E-state index contributed by atoms with van der Waals surface area (Å²) < 4.78 is 28.4. The van der Waals surface area contributed by atoms with E-state index in [-0.39, 0.29) is 17.2 Å². The second-order valence-corrected chi connectivity index (χ2v) is 6.62. The second kappa shape index (κ2) is 6.23. The van der Waals surface area contributed by atoms with E-state index in [0.29, 0.717) is 17.7 Å². The Hall–Kier alpha value is -1.60. The minimum Gasteiger partial charge on any atom is -0.478 e. The average Bonchev–Trinajstić information content (AvgIpc) is 2.30. The molecule has 0 radical (unpaired) electrons. The van der Waals surface area contributed by atoms with Gasteiger partial charge in [0.15, 0.2) is 0 Å². The van der Waals surface area contributed by atoms with Crippen LogP contribution in [0.2, 0.25) is 0 Å². The topological polar surface area (TPSA) is 95.5 Å². The van der Waals surface area contributed by atoms with Crippen molar-refractivity contribution in [2.75, 3.05) is 11.3 Å². The summed E-state index contributed by atoms with van der Waals surface area (Å²) in [5.74, 6) is -0.900. The molecule has 0 heterocycles. The lowest BCUT2D eigenvalue weighted by atomic mass is 10.0. The van der Waals surface area contributed by atoms with Gasteiger partial charge >= 0.3 is 5.97 Å². The van der Waals surface area contributed by atoms with E-state index in [1.54, 1.807) is 19.9 Å². The number of aryl methyl sites for hydroxylation is 1. The number of hydrogen-bond donors (Lipinski definition) is 3. The van der Waals surface area contributed by atoms with Crippen LogP contribution in [0.1, 0.15) is 35.3 Å². The van der Waals surface area contributed by atoms with Gasteiger partial charge in [0.1, 0.15) is 0 Å². The van der Waals surface area contributed by atoms with E-state index < -0.39 is 16.2 Å². The Labute approximate surface area is 119 Å². The molecule has 0 saturated carbocycles. The highest BCUT2D eigenvalue weighted by molar-refractivity contribution is 7.90. The summed E-state index contributed by atoms with van der Waals surface area (Å²) in [5.41, 5.74) is 1.66. The van der Waals surface area contributed by atoms with E-state index in [2.05, 4.69) is 9.44 Å². The molecule has 112 valence electrons. The largest absolute Gasteiger partial charge is 0.478 e. The Bertz CT molecular complexity index is 609. The van der Waals surface area contributed by atoms with Gasteiger partial charge in [-0.2, -0.15) is 13.1 Å². The first-order valence-corrected chi connectivity index (χ1v) is 7.72. The van der Waals surface area contributed by atoms with Crippen molar-refractivity contribution < 1.29 is 18.3 Å². The number of benzene rings is 1. The van der Waals surface area contributed by atoms with Crippen LogP contribution < -0.4 is 9.44 Å². The summed E-state index contributed by atoms with van der Waals surface area (Å²) in [4.78, 5) is 11.1. The molecular weight excluding hydrogens is 280 g/mol. The van der Waals surface area contributed by atoms with Crippen molar-refractivity contribution in [1.29, 1.82) is 0 Å². The molecule has 7 heteroatoms. The van der Waals surface area contributed by atoms with Crippen LogP contribution in [0.15, 0.2) is 12.1 Å². The van der Waals surface area contributed by atoms with Crippen LogP contribution in [0.4, 0.5) is 5.69 Å². The van der Waals surface area contributed by atoms with Crippen LogP contribution >= 0.6 is 0 Å². The van der Waals surface area contributed by atoms with Crippen molar-refractivity contribution >= 4 is 21.9 Å². The molecule has 0 aromatic heterocycles. The first kappa shape index (κ1) is 16.5. The molecule has 0 aliphatic rings.